The van der Waals surface area contributed by atoms with Crippen molar-refractivity contribution < 1.29 is 14.7 Å². The molecule has 1 aliphatic rings. The Kier molecular flexibility index (Phi) is 4.80. The molecule has 1 saturated heterocycles. The SMILES string of the molecule is CC1CCN(C(=O)C(NC(N)=O)c2ccccc2)CC1O. The van der Waals surface area contributed by atoms with Crippen molar-refractivity contribution in [2.45, 2.75) is 25.5 Å². The van der Waals surface area contributed by atoms with Gasteiger partial charge in [-0.25, -0.2) is 4.79 Å². The number of carbonyl (C=O) groups is 2. The van der Waals surface area contributed by atoms with E-state index in [0.29, 0.717) is 12.1 Å². The van der Waals surface area contributed by atoms with Gasteiger partial charge in [-0.15, -0.1) is 0 Å². The number of amides is 3. The van der Waals surface area contributed by atoms with Crippen molar-refractivity contribution in [3.8, 4) is 0 Å². The van der Waals surface area contributed by atoms with Crippen molar-refractivity contribution >= 4 is 11.9 Å². The van der Waals surface area contributed by atoms with E-state index < -0.39 is 18.2 Å². The third-order valence-electron chi connectivity index (χ3n) is 3.90. The van der Waals surface area contributed by atoms with Gasteiger partial charge in [-0.2, -0.15) is 0 Å². The maximum Gasteiger partial charge on any atom is 0.313 e. The average molecular weight is 291 g/mol. The summed E-state index contributed by atoms with van der Waals surface area (Å²) < 4.78 is 0. The van der Waals surface area contributed by atoms with E-state index in [-0.39, 0.29) is 18.4 Å². The summed E-state index contributed by atoms with van der Waals surface area (Å²) in [4.78, 5) is 25.4. The number of benzene rings is 1. The summed E-state index contributed by atoms with van der Waals surface area (Å²) in [5.41, 5.74) is 5.85. The van der Waals surface area contributed by atoms with Crippen LogP contribution in [0.4, 0.5) is 4.79 Å². The minimum absolute atomic E-state index is 0.174. The fraction of sp³-hybridized carbons (Fsp3) is 0.467. The lowest BCUT2D eigenvalue weighted by atomic mass is 9.95. The summed E-state index contributed by atoms with van der Waals surface area (Å²) in [6.45, 7) is 2.81. The molecule has 0 radical (unpaired) electrons. The highest BCUT2D eigenvalue weighted by Crippen LogP contribution is 2.22. The molecule has 114 valence electrons. The molecule has 0 bridgehead atoms. The van der Waals surface area contributed by atoms with Gasteiger partial charge < -0.3 is 21.1 Å². The third-order valence-corrected chi connectivity index (χ3v) is 3.90. The molecule has 3 unspecified atom stereocenters. The summed E-state index contributed by atoms with van der Waals surface area (Å²) in [5, 5.41) is 12.4. The smallest absolute Gasteiger partial charge is 0.313 e. The van der Waals surface area contributed by atoms with Gasteiger partial charge in [-0.3, -0.25) is 4.79 Å². The molecule has 3 atom stereocenters. The number of aliphatic hydroxyl groups is 1. The summed E-state index contributed by atoms with van der Waals surface area (Å²) in [5.74, 6) is -0.0701. The predicted octanol–water partition coefficient (Wildman–Crippen LogP) is 0.625. The molecule has 1 aromatic rings. The molecule has 21 heavy (non-hydrogen) atoms. The van der Waals surface area contributed by atoms with Gasteiger partial charge in [0.2, 0.25) is 5.91 Å². The predicted molar refractivity (Wildman–Crippen MR) is 78.3 cm³/mol. The molecule has 6 heteroatoms. The van der Waals surface area contributed by atoms with E-state index >= 15 is 0 Å². The van der Waals surface area contributed by atoms with Gasteiger partial charge in [0.25, 0.3) is 0 Å². The lowest BCUT2D eigenvalue weighted by Gasteiger charge is -2.36. The molecule has 0 saturated carbocycles. The van der Waals surface area contributed by atoms with Crippen LogP contribution in [0.25, 0.3) is 0 Å². The largest absolute Gasteiger partial charge is 0.391 e. The number of nitrogens with two attached hydrogens (primary N) is 1. The van der Waals surface area contributed by atoms with Gasteiger partial charge in [0.1, 0.15) is 6.04 Å². The van der Waals surface area contributed by atoms with Gasteiger partial charge >= 0.3 is 6.03 Å². The highest BCUT2D eigenvalue weighted by atomic mass is 16.3. The number of nitrogens with one attached hydrogen (secondary N) is 1. The fourth-order valence-corrected chi connectivity index (χ4v) is 2.51. The minimum atomic E-state index is -0.815. The summed E-state index contributed by atoms with van der Waals surface area (Å²) >= 11 is 0. The Morgan fingerprint density at radius 3 is 2.62 bits per heavy atom. The van der Waals surface area contributed by atoms with Crippen LogP contribution >= 0.6 is 0 Å². The molecule has 0 spiro atoms. The number of hydrogen-bond acceptors (Lipinski definition) is 3. The zero-order valence-electron chi connectivity index (χ0n) is 12.0. The van der Waals surface area contributed by atoms with E-state index in [1.807, 2.05) is 13.0 Å². The molecule has 4 N–H and O–H groups in total. The first-order valence-electron chi connectivity index (χ1n) is 7.07. The first kappa shape index (κ1) is 15.3. The second-order valence-corrected chi connectivity index (χ2v) is 5.47. The molecule has 1 fully saturated rings. The van der Waals surface area contributed by atoms with Gasteiger partial charge in [0.05, 0.1) is 6.10 Å². The maximum absolute atomic E-state index is 12.6. The van der Waals surface area contributed by atoms with Crippen molar-refractivity contribution in [1.29, 1.82) is 0 Å². The summed E-state index contributed by atoms with van der Waals surface area (Å²) in [6, 6.07) is 7.40. The van der Waals surface area contributed by atoms with Crippen LogP contribution in [-0.4, -0.2) is 41.1 Å². The zero-order valence-corrected chi connectivity index (χ0v) is 12.0. The third kappa shape index (κ3) is 3.72. The Hall–Kier alpha value is -2.08. The molecule has 1 heterocycles. The Morgan fingerprint density at radius 1 is 1.38 bits per heavy atom. The lowest BCUT2D eigenvalue weighted by Crippen LogP contribution is -2.50. The molecule has 1 aromatic carbocycles. The van der Waals surface area contributed by atoms with Crippen molar-refractivity contribution in [2.24, 2.45) is 11.7 Å². The van der Waals surface area contributed by atoms with Gasteiger partial charge in [-0.05, 0) is 17.9 Å². The molecule has 1 aliphatic heterocycles. The fourth-order valence-electron chi connectivity index (χ4n) is 2.51. The van der Waals surface area contributed by atoms with Gasteiger partial charge in [0.15, 0.2) is 0 Å². The summed E-state index contributed by atoms with van der Waals surface area (Å²) in [6.07, 6.45) is 0.207. The second kappa shape index (κ2) is 6.58. The Labute approximate surface area is 123 Å². The number of β-amino-alcohol motifs (C(OH)–C–C–N with tert-alkyl or cyclic N) is 1. The lowest BCUT2D eigenvalue weighted by molar-refractivity contribution is -0.137. The molecule has 2 rings (SSSR count). The van der Waals surface area contributed by atoms with E-state index in [4.69, 9.17) is 5.73 Å². The second-order valence-electron chi connectivity index (χ2n) is 5.47. The quantitative estimate of drug-likeness (QED) is 0.762. The average Bonchev–Trinajstić information content (AvgIpc) is 2.47. The Bertz CT molecular complexity index is 506. The number of rotatable bonds is 3. The van der Waals surface area contributed by atoms with Crippen LogP contribution in [0.1, 0.15) is 24.9 Å². The number of urea groups is 1. The standard InChI is InChI=1S/C15H21N3O3/c1-10-7-8-18(9-12(10)19)14(20)13(17-15(16)21)11-5-3-2-4-6-11/h2-6,10,12-13,19H,7-9H2,1H3,(H3,16,17,21). The van der Waals surface area contributed by atoms with Crippen LogP contribution < -0.4 is 11.1 Å². The highest BCUT2D eigenvalue weighted by Gasteiger charge is 2.32. The zero-order chi connectivity index (χ0) is 15.4. The van der Waals surface area contributed by atoms with E-state index in [2.05, 4.69) is 5.32 Å². The molecule has 0 aliphatic carbocycles. The van der Waals surface area contributed by atoms with E-state index in [1.54, 1.807) is 29.2 Å². The molecule has 6 nitrogen and oxygen atoms in total. The number of nitrogens with zero attached hydrogens (tertiary/aromatic N) is 1. The first-order chi connectivity index (χ1) is 9.99. The normalized spacial score (nSPS) is 23.4. The summed E-state index contributed by atoms with van der Waals surface area (Å²) in [7, 11) is 0. The number of piperidine rings is 1. The van der Waals surface area contributed by atoms with Crippen LogP contribution in [0, 0.1) is 5.92 Å². The molecular weight excluding hydrogens is 270 g/mol. The van der Waals surface area contributed by atoms with Crippen LogP contribution in [-0.2, 0) is 4.79 Å². The Morgan fingerprint density at radius 2 is 2.05 bits per heavy atom. The van der Waals surface area contributed by atoms with Crippen molar-refractivity contribution in [3.63, 3.8) is 0 Å². The number of carbonyl (C=O) groups excluding carboxylic acids is 2. The Balaban J connectivity index is 2.17. The number of likely N-dealkylation sites (tertiary alicyclic amines) is 1. The van der Waals surface area contributed by atoms with Crippen LogP contribution in [0.5, 0.6) is 0 Å². The van der Waals surface area contributed by atoms with Gasteiger partial charge in [0, 0.05) is 13.1 Å². The van der Waals surface area contributed by atoms with E-state index in [9.17, 15) is 14.7 Å². The number of primary amides is 1. The number of hydrogen-bond donors (Lipinski definition) is 3. The van der Waals surface area contributed by atoms with Crippen LogP contribution in [0.2, 0.25) is 0 Å². The molecule has 3 amide bonds. The highest BCUT2D eigenvalue weighted by molar-refractivity contribution is 5.87. The monoisotopic (exact) mass is 291 g/mol. The van der Waals surface area contributed by atoms with Crippen LogP contribution in [0.3, 0.4) is 0 Å². The molecular formula is C15H21N3O3. The minimum Gasteiger partial charge on any atom is -0.391 e. The van der Waals surface area contributed by atoms with E-state index in [1.165, 1.54) is 0 Å². The topological polar surface area (TPSA) is 95.7 Å². The van der Waals surface area contributed by atoms with Crippen molar-refractivity contribution in [2.75, 3.05) is 13.1 Å². The first-order valence-corrected chi connectivity index (χ1v) is 7.07. The van der Waals surface area contributed by atoms with Crippen LogP contribution in [0.15, 0.2) is 30.3 Å². The van der Waals surface area contributed by atoms with Crippen molar-refractivity contribution in [1.82, 2.24) is 10.2 Å². The maximum atomic E-state index is 12.6. The van der Waals surface area contributed by atoms with Crippen molar-refractivity contribution in [3.05, 3.63) is 35.9 Å². The number of aliphatic hydroxyl groups excluding tert-OH is 1. The van der Waals surface area contributed by atoms with E-state index in [0.717, 1.165) is 6.42 Å². The molecule has 0 aromatic heterocycles. The van der Waals surface area contributed by atoms with Gasteiger partial charge in [-0.1, -0.05) is 37.3 Å².